The Hall–Kier alpha value is -5.30. The van der Waals surface area contributed by atoms with Crippen molar-refractivity contribution in [2.24, 2.45) is 20.5 Å². The minimum absolute atomic E-state index is 0.515. The van der Waals surface area contributed by atoms with Crippen molar-refractivity contribution in [1.29, 1.82) is 0 Å². The summed E-state index contributed by atoms with van der Waals surface area (Å²) in [6.07, 6.45) is 0. The van der Waals surface area contributed by atoms with Crippen molar-refractivity contribution < 1.29 is 9.31 Å². The molecule has 6 aromatic rings. The van der Waals surface area contributed by atoms with E-state index in [1.807, 2.05) is 133 Å². The van der Waals surface area contributed by atoms with Crippen molar-refractivity contribution in [1.82, 2.24) is 0 Å². The molecule has 6 rings (SSSR count). The summed E-state index contributed by atoms with van der Waals surface area (Å²) in [6, 6.07) is 42.8. The Labute approximate surface area is 226 Å². The lowest BCUT2D eigenvalue weighted by Gasteiger charge is -2.12. The summed E-state index contributed by atoms with van der Waals surface area (Å²) in [7, 11) is 1.29. The number of azo groups is 2. The van der Waals surface area contributed by atoms with Gasteiger partial charge in [-0.05, 0) is 47.2 Å². The minimum atomic E-state index is 0.515. The molecule has 0 amide bonds. The molecule has 0 bridgehead atoms. The quantitative estimate of drug-likeness (QED) is 0.153. The van der Waals surface area contributed by atoms with E-state index in [-0.39, 0.29) is 0 Å². The van der Waals surface area contributed by atoms with Crippen molar-refractivity contribution in [2.45, 2.75) is 0 Å². The van der Waals surface area contributed by atoms with Gasteiger partial charge < -0.3 is 9.31 Å². The third kappa shape index (κ3) is 5.52. The molecule has 0 spiro atoms. The van der Waals surface area contributed by atoms with Gasteiger partial charge in [0.15, 0.2) is 0 Å². The molecule has 0 saturated carbocycles. The number of hydrogen-bond acceptors (Lipinski definition) is 6. The van der Waals surface area contributed by atoms with Gasteiger partial charge >= 0.3 is 7.69 Å². The smallest absolute Gasteiger partial charge is 0.525 e. The number of nitrogens with zero attached hydrogens (tertiary/aromatic N) is 4. The Bertz CT molecular complexity index is 1660. The fraction of sp³-hybridized carbons (Fsp3) is 0. The second kappa shape index (κ2) is 11.4. The van der Waals surface area contributed by atoms with E-state index >= 15 is 0 Å². The summed E-state index contributed by atoms with van der Waals surface area (Å²) in [5.74, 6) is 1.03. The van der Waals surface area contributed by atoms with Crippen LogP contribution >= 0.6 is 0 Å². The summed E-state index contributed by atoms with van der Waals surface area (Å²) < 4.78 is 12.0. The SMILES string of the molecule is [B](Oc1ccc2ccccc2c1N=Nc1ccccc1)Oc1ccc2ccccc2c1N=Nc1ccccc1. The minimum Gasteiger partial charge on any atom is -0.525 e. The molecule has 0 aliphatic carbocycles. The van der Waals surface area contributed by atoms with E-state index in [4.69, 9.17) is 9.31 Å². The first-order valence-electron chi connectivity index (χ1n) is 12.5. The van der Waals surface area contributed by atoms with Crippen LogP contribution in [0.15, 0.2) is 154 Å². The predicted octanol–water partition coefficient (Wildman–Crippen LogP) is 9.82. The number of benzene rings is 6. The Morgan fingerprint density at radius 1 is 0.385 bits per heavy atom. The van der Waals surface area contributed by atoms with Gasteiger partial charge in [0.1, 0.15) is 22.9 Å². The maximum Gasteiger partial charge on any atom is 0.658 e. The van der Waals surface area contributed by atoms with Crippen LogP contribution in [0.3, 0.4) is 0 Å². The molecule has 6 nitrogen and oxygen atoms in total. The molecular weight excluding hydrogens is 483 g/mol. The molecule has 0 saturated heterocycles. The van der Waals surface area contributed by atoms with Crippen LogP contribution in [0.2, 0.25) is 0 Å². The van der Waals surface area contributed by atoms with Gasteiger partial charge in [0, 0.05) is 10.8 Å². The summed E-state index contributed by atoms with van der Waals surface area (Å²) in [6.45, 7) is 0. The monoisotopic (exact) mass is 505 g/mol. The molecule has 0 N–H and O–H groups in total. The maximum atomic E-state index is 5.99. The predicted molar refractivity (Wildman–Crippen MR) is 156 cm³/mol. The van der Waals surface area contributed by atoms with E-state index in [0.29, 0.717) is 22.9 Å². The third-order valence-corrected chi connectivity index (χ3v) is 6.12. The van der Waals surface area contributed by atoms with E-state index in [9.17, 15) is 0 Å². The third-order valence-electron chi connectivity index (χ3n) is 6.12. The highest BCUT2D eigenvalue weighted by atomic mass is 16.6. The fourth-order valence-corrected chi connectivity index (χ4v) is 4.20. The molecule has 0 fully saturated rings. The first kappa shape index (κ1) is 24.1. The van der Waals surface area contributed by atoms with Gasteiger partial charge in [-0.1, -0.05) is 97.1 Å². The van der Waals surface area contributed by atoms with Crippen LogP contribution in [0.25, 0.3) is 21.5 Å². The van der Waals surface area contributed by atoms with Gasteiger partial charge in [-0.3, -0.25) is 0 Å². The molecule has 0 heterocycles. The van der Waals surface area contributed by atoms with Crippen LogP contribution in [-0.4, -0.2) is 7.69 Å². The van der Waals surface area contributed by atoms with Crippen molar-refractivity contribution in [3.05, 3.63) is 133 Å². The second-order valence-electron chi connectivity index (χ2n) is 8.67. The molecule has 0 aliphatic rings. The summed E-state index contributed by atoms with van der Waals surface area (Å²) >= 11 is 0. The maximum absolute atomic E-state index is 5.99. The Morgan fingerprint density at radius 3 is 1.26 bits per heavy atom. The topological polar surface area (TPSA) is 67.9 Å². The fourth-order valence-electron chi connectivity index (χ4n) is 4.20. The van der Waals surface area contributed by atoms with Crippen LogP contribution in [0.1, 0.15) is 0 Å². The molecule has 6 aromatic carbocycles. The molecule has 0 unspecified atom stereocenters. The highest BCUT2D eigenvalue weighted by Crippen LogP contribution is 2.39. The highest BCUT2D eigenvalue weighted by Gasteiger charge is 2.14. The van der Waals surface area contributed by atoms with Crippen molar-refractivity contribution in [3.8, 4) is 11.5 Å². The Kier molecular flexibility index (Phi) is 7.03. The lowest BCUT2D eigenvalue weighted by molar-refractivity contribution is 0.461. The summed E-state index contributed by atoms with van der Waals surface area (Å²) in [5.41, 5.74) is 2.72. The molecule has 185 valence electrons. The lowest BCUT2D eigenvalue weighted by atomic mass is 10.1. The van der Waals surface area contributed by atoms with Gasteiger partial charge in [-0.25, -0.2) is 0 Å². The van der Waals surface area contributed by atoms with E-state index < -0.39 is 0 Å². The van der Waals surface area contributed by atoms with Crippen LogP contribution in [0.5, 0.6) is 11.5 Å². The standard InChI is InChI=1S/C32H22BN4O2/c1-3-13-25(14-4-1)34-36-31-27-17-9-7-11-23(27)19-21-29(31)38-33-39-30-22-20-24-12-8-10-18-28(24)32(30)37-35-26-15-5-2-6-16-26/h1-22H. The molecular formula is C32H22BN4O2. The van der Waals surface area contributed by atoms with Crippen molar-refractivity contribution in [3.63, 3.8) is 0 Å². The normalized spacial score (nSPS) is 11.4. The van der Waals surface area contributed by atoms with Crippen LogP contribution in [0, 0.1) is 0 Å². The molecule has 0 aliphatic heterocycles. The average Bonchev–Trinajstić information content (AvgIpc) is 3.00. The van der Waals surface area contributed by atoms with E-state index in [1.165, 1.54) is 7.69 Å². The number of fused-ring (bicyclic) bond motifs is 2. The Balaban J connectivity index is 1.29. The van der Waals surface area contributed by atoms with Crippen LogP contribution in [-0.2, 0) is 0 Å². The molecule has 39 heavy (non-hydrogen) atoms. The van der Waals surface area contributed by atoms with Gasteiger partial charge in [-0.15, -0.1) is 10.2 Å². The molecule has 0 aromatic heterocycles. The van der Waals surface area contributed by atoms with Gasteiger partial charge in [-0.2, -0.15) is 10.2 Å². The average molecular weight is 505 g/mol. The van der Waals surface area contributed by atoms with Crippen LogP contribution in [0.4, 0.5) is 22.7 Å². The van der Waals surface area contributed by atoms with Gasteiger partial charge in [0.2, 0.25) is 0 Å². The van der Waals surface area contributed by atoms with Gasteiger partial charge in [0.25, 0.3) is 0 Å². The number of hydrogen-bond donors (Lipinski definition) is 0. The lowest BCUT2D eigenvalue weighted by Crippen LogP contribution is -2.11. The molecule has 1 radical (unpaired) electrons. The van der Waals surface area contributed by atoms with Crippen molar-refractivity contribution >= 4 is 52.0 Å². The van der Waals surface area contributed by atoms with E-state index in [2.05, 4.69) is 20.5 Å². The highest BCUT2D eigenvalue weighted by molar-refractivity contribution is 6.22. The molecule has 7 heteroatoms. The summed E-state index contributed by atoms with van der Waals surface area (Å²) in [5, 5.41) is 21.8. The zero-order valence-electron chi connectivity index (χ0n) is 20.9. The van der Waals surface area contributed by atoms with Crippen molar-refractivity contribution in [2.75, 3.05) is 0 Å². The molecule has 0 atom stereocenters. The zero-order valence-corrected chi connectivity index (χ0v) is 20.9. The van der Waals surface area contributed by atoms with Crippen LogP contribution < -0.4 is 9.31 Å². The Morgan fingerprint density at radius 2 is 0.795 bits per heavy atom. The second-order valence-corrected chi connectivity index (χ2v) is 8.67. The largest absolute Gasteiger partial charge is 0.658 e. The van der Waals surface area contributed by atoms with E-state index in [0.717, 1.165) is 32.9 Å². The van der Waals surface area contributed by atoms with Gasteiger partial charge in [0.05, 0.1) is 11.4 Å². The number of rotatable bonds is 8. The van der Waals surface area contributed by atoms with E-state index in [1.54, 1.807) is 0 Å². The first-order valence-corrected chi connectivity index (χ1v) is 12.5. The summed E-state index contributed by atoms with van der Waals surface area (Å²) in [4.78, 5) is 0. The first-order chi connectivity index (χ1) is 19.3. The zero-order chi connectivity index (χ0) is 26.3.